The van der Waals surface area contributed by atoms with Crippen LogP contribution in [-0.2, 0) is 4.74 Å². The minimum atomic E-state index is -1.81. The molecule has 136 valence electrons. The van der Waals surface area contributed by atoms with E-state index < -0.39 is 12.3 Å². The Hall–Kier alpha value is -1.34. The Morgan fingerprint density at radius 3 is 1.17 bits per heavy atom. The van der Waals surface area contributed by atoms with E-state index in [9.17, 15) is 9.59 Å². The summed E-state index contributed by atoms with van der Waals surface area (Å²) >= 11 is 0. The van der Waals surface area contributed by atoms with Crippen LogP contribution >= 0.6 is 0 Å². The van der Waals surface area contributed by atoms with Gasteiger partial charge in [0.2, 0.25) is 0 Å². The molecule has 0 amide bonds. The van der Waals surface area contributed by atoms with Gasteiger partial charge in [0.1, 0.15) is 0 Å². The van der Waals surface area contributed by atoms with Gasteiger partial charge in [-0.25, -0.2) is 9.59 Å². The first-order chi connectivity index (χ1) is 11.0. The topological polar surface area (TPSA) is 124 Å². The third-order valence-corrected chi connectivity index (χ3v) is 4.26. The number of rotatable bonds is 2. The van der Waals surface area contributed by atoms with Gasteiger partial charge in [-0.2, -0.15) is 0 Å². The summed E-state index contributed by atoms with van der Waals surface area (Å²) in [6.45, 7) is 0.312. The Kier molecular flexibility index (Phi) is 12.4. The standard InChI is InChI=1S/C8H16O2.C6H12.C2H2O5/c9-6-8(7-10)4-2-1-3-5-8;1-2-4-6-5-3-1;3-1(4)7-2(5)6/h9-10H,1-7H2;1-6H2;(H,3,4)(H,5,6). The summed E-state index contributed by atoms with van der Waals surface area (Å²) in [7, 11) is 0. The summed E-state index contributed by atoms with van der Waals surface area (Å²) in [5.74, 6) is 0. The van der Waals surface area contributed by atoms with Gasteiger partial charge in [-0.1, -0.05) is 57.8 Å². The Labute approximate surface area is 137 Å². The van der Waals surface area contributed by atoms with Crippen molar-refractivity contribution < 1.29 is 34.8 Å². The van der Waals surface area contributed by atoms with E-state index in [1.807, 2.05) is 0 Å². The van der Waals surface area contributed by atoms with Crippen LogP contribution in [0.1, 0.15) is 70.6 Å². The van der Waals surface area contributed by atoms with Crippen molar-refractivity contribution in [2.24, 2.45) is 5.41 Å². The molecule has 0 aliphatic heterocycles. The van der Waals surface area contributed by atoms with Gasteiger partial charge in [0.25, 0.3) is 0 Å². The van der Waals surface area contributed by atoms with E-state index in [0.29, 0.717) is 0 Å². The molecule has 0 radical (unpaired) electrons. The van der Waals surface area contributed by atoms with E-state index in [0.717, 1.165) is 12.8 Å². The average Bonchev–Trinajstić information content (AvgIpc) is 2.57. The summed E-state index contributed by atoms with van der Waals surface area (Å²) in [6, 6.07) is 0. The van der Waals surface area contributed by atoms with Gasteiger partial charge in [-0.3, -0.25) is 0 Å². The average molecular weight is 334 g/mol. The van der Waals surface area contributed by atoms with Crippen LogP contribution in [0.15, 0.2) is 0 Å². The van der Waals surface area contributed by atoms with E-state index in [1.165, 1.54) is 57.8 Å². The van der Waals surface area contributed by atoms with Crippen LogP contribution in [0, 0.1) is 5.41 Å². The van der Waals surface area contributed by atoms with Crippen molar-refractivity contribution in [2.75, 3.05) is 13.2 Å². The number of aliphatic hydroxyl groups excluding tert-OH is 2. The number of ether oxygens (including phenoxy) is 1. The van der Waals surface area contributed by atoms with Crippen molar-refractivity contribution in [3.8, 4) is 0 Å². The van der Waals surface area contributed by atoms with Gasteiger partial charge in [-0.15, -0.1) is 0 Å². The van der Waals surface area contributed by atoms with Crippen molar-refractivity contribution in [1.82, 2.24) is 0 Å². The molecule has 0 spiro atoms. The van der Waals surface area contributed by atoms with Gasteiger partial charge in [0.15, 0.2) is 0 Å². The predicted octanol–water partition coefficient (Wildman–Crippen LogP) is 3.62. The summed E-state index contributed by atoms with van der Waals surface area (Å²) in [5, 5.41) is 32.9. The monoisotopic (exact) mass is 334 g/mol. The number of carbonyl (C=O) groups is 2. The molecule has 7 nitrogen and oxygen atoms in total. The van der Waals surface area contributed by atoms with Crippen molar-refractivity contribution >= 4 is 12.3 Å². The lowest BCUT2D eigenvalue weighted by Gasteiger charge is -2.33. The first-order valence-corrected chi connectivity index (χ1v) is 8.31. The molecule has 4 N–H and O–H groups in total. The molecular weight excluding hydrogens is 304 g/mol. The molecule has 0 aromatic rings. The molecule has 2 fully saturated rings. The Morgan fingerprint density at radius 2 is 1.00 bits per heavy atom. The first-order valence-electron chi connectivity index (χ1n) is 8.31. The molecule has 2 saturated carbocycles. The fraction of sp³-hybridized carbons (Fsp3) is 0.875. The Bertz CT molecular complexity index is 291. The molecule has 7 heteroatoms. The van der Waals surface area contributed by atoms with Gasteiger partial charge in [-0.05, 0) is 12.8 Å². The highest BCUT2D eigenvalue weighted by Gasteiger charge is 2.30. The van der Waals surface area contributed by atoms with Crippen molar-refractivity contribution in [3.05, 3.63) is 0 Å². The second kappa shape index (κ2) is 13.1. The lowest BCUT2D eigenvalue weighted by atomic mass is 9.75. The van der Waals surface area contributed by atoms with Gasteiger partial charge in [0, 0.05) is 5.41 Å². The quantitative estimate of drug-likeness (QED) is 0.449. The van der Waals surface area contributed by atoms with Crippen molar-refractivity contribution in [3.63, 3.8) is 0 Å². The van der Waals surface area contributed by atoms with E-state index in [-0.39, 0.29) is 18.6 Å². The molecule has 2 aliphatic rings. The third kappa shape index (κ3) is 11.8. The van der Waals surface area contributed by atoms with E-state index in [4.69, 9.17) is 20.4 Å². The number of aliphatic hydroxyl groups is 2. The second-order valence-electron chi connectivity index (χ2n) is 6.13. The van der Waals surface area contributed by atoms with Gasteiger partial charge >= 0.3 is 12.3 Å². The molecule has 0 unspecified atom stereocenters. The highest BCUT2D eigenvalue weighted by atomic mass is 16.7. The molecule has 0 aromatic heterocycles. The molecule has 2 rings (SSSR count). The van der Waals surface area contributed by atoms with E-state index in [2.05, 4.69) is 4.74 Å². The number of hydrogen-bond donors (Lipinski definition) is 4. The van der Waals surface area contributed by atoms with Gasteiger partial charge < -0.3 is 25.2 Å². The second-order valence-corrected chi connectivity index (χ2v) is 6.13. The van der Waals surface area contributed by atoms with Crippen LogP contribution in [0.25, 0.3) is 0 Å². The van der Waals surface area contributed by atoms with Crippen molar-refractivity contribution in [1.29, 1.82) is 0 Å². The molecular formula is C16H30O7. The highest BCUT2D eigenvalue weighted by molar-refractivity contribution is 5.74. The fourth-order valence-electron chi connectivity index (χ4n) is 2.80. The molecule has 0 bridgehead atoms. The minimum absolute atomic E-state index is 0.127. The predicted molar refractivity (Wildman–Crippen MR) is 84.5 cm³/mol. The third-order valence-electron chi connectivity index (χ3n) is 4.26. The van der Waals surface area contributed by atoms with Crippen LogP contribution in [0.5, 0.6) is 0 Å². The lowest BCUT2D eigenvalue weighted by Crippen LogP contribution is -2.31. The number of carboxylic acid groups (broad SMARTS) is 2. The molecule has 0 aromatic carbocycles. The first kappa shape index (κ1) is 21.7. The van der Waals surface area contributed by atoms with Crippen LogP contribution < -0.4 is 0 Å². The van der Waals surface area contributed by atoms with Crippen LogP contribution in [0.4, 0.5) is 9.59 Å². The zero-order valence-corrected chi connectivity index (χ0v) is 13.7. The summed E-state index contributed by atoms with van der Waals surface area (Å²) in [4.78, 5) is 18.4. The summed E-state index contributed by atoms with van der Waals surface area (Å²) in [5.41, 5.74) is -0.127. The minimum Gasteiger partial charge on any atom is -0.449 e. The molecule has 23 heavy (non-hydrogen) atoms. The number of hydrogen-bond acceptors (Lipinski definition) is 5. The van der Waals surface area contributed by atoms with E-state index >= 15 is 0 Å². The zero-order valence-electron chi connectivity index (χ0n) is 13.7. The van der Waals surface area contributed by atoms with Gasteiger partial charge in [0.05, 0.1) is 13.2 Å². The maximum atomic E-state index is 9.21. The SMILES string of the molecule is C1CCCCC1.O=C(O)OC(=O)O.OCC1(CO)CCCCC1. The lowest BCUT2D eigenvalue weighted by molar-refractivity contribution is 0.0234. The normalized spacial score (nSPS) is 19.2. The van der Waals surface area contributed by atoms with Crippen LogP contribution in [0.2, 0.25) is 0 Å². The molecule has 0 atom stereocenters. The maximum Gasteiger partial charge on any atom is 0.516 e. The van der Waals surface area contributed by atoms with E-state index in [1.54, 1.807) is 0 Å². The largest absolute Gasteiger partial charge is 0.516 e. The highest BCUT2D eigenvalue weighted by Crippen LogP contribution is 2.34. The fourth-order valence-corrected chi connectivity index (χ4v) is 2.80. The molecule has 0 heterocycles. The summed E-state index contributed by atoms with van der Waals surface area (Å²) in [6.07, 6.45) is 11.0. The molecule has 0 saturated heterocycles. The smallest absolute Gasteiger partial charge is 0.449 e. The van der Waals surface area contributed by atoms with Crippen molar-refractivity contribution in [2.45, 2.75) is 70.6 Å². The summed E-state index contributed by atoms with van der Waals surface area (Å²) < 4.78 is 3.08. The Balaban J connectivity index is 0.000000329. The molecule has 2 aliphatic carbocycles. The zero-order chi connectivity index (χ0) is 17.6. The Morgan fingerprint density at radius 1 is 0.696 bits per heavy atom. The maximum absolute atomic E-state index is 9.21. The van der Waals surface area contributed by atoms with Crippen LogP contribution in [0.3, 0.4) is 0 Å². The van der Waals surface area contributed by atoms with Crippen LogP contribution in [-0.4, -0.2) is 46.0 Å².